The molecule has 5 atom stereocenters. The smallest absolute Gasteiger partial charge is 0.226 e. The number of rotatable bonds is 5. The number of anilines is 1. The molecule has 1 aromatic rings. The molecule has 8 heteroatoms. The lowest BCUT2D eigenvalue weighted by Gasteiger charge is -2.58. The van der Waals surface area contributed by atoms with Crippen LogP contribution < -0.4 is 10.4 Å². The van der Waals surface area contributed by atoms with Crippen molar-refractivity contribution in [1.82, 2.24) is 4.98 Å². The Labute approximate surface area is 181 Å². The number of amides is 1. The maximum atomic E-state index is 12.4. The summed E-state index contributed by atoms with van der Waals surface area (Å²) in [4.78, 5) is 29.6. The van der Waals surface area contributed by atoms with E-state index in [2.05, 4.69) is 10.3 Å². The van der Waals surface area contributed by atoms with E-state index in [1.807, 2.05) is 34.6 Å². The fourth-order valence-corrected chi connectivity index (χ4v) is 6.60. The van der Waals surface area contributed by atoms with Crippen LogP contribution in [0.25, 0.3) is 0 Å². The second-order valence-corrected chi connectivity index (χ2v) is 11.8. The first-order valence-electron chi connectivity index (χ1n) is 10.6. The Morgan fingerprint density at radius 3 is 2.57 bits per heavy atom. The molecule has 1 fully saturated rings. The topological polar surface area (TPSA) is 123 Å². The van der Waals surface area contributed by atoms with Gasteiger partial charge in [-0.15, -0.1) is 11.3 Å². The number of carbonyl (C=O) groups is 2. The van der Waals surface area contributed by atoms with E-state index in [0.717, 1.165) is 4.88 Å². The molecule has 1 amide bonds. The van der Waals surface area contributed by atoms with E-state index in [0.29, 0.717) is 36.5 Å². The van der Waals surface area contributed by atoms with Crippen LogP contribution in [-0.4, -0.2) is 39.8 Å². The van der Waals surface area contributed by atoms with Gasteiger partial charge in [-0.05, 0) is 42.4 Å². The summed E-state index contributed by atoms with van der Waals surface area (Å²) in [6.07, 6.45) is 1.28. The van der Waals surface area contributed by atoms with E-state index in [-0.39, 0.29) is 36.2 Å². The first-order valence-corrected chi connectivity index (χ1v) is 11.4. The normalized spacial score (nSPS) is 33.5. The number of thiazole rings is 1. The van der Waals surface area contributed by atoms with Crippen molar-refractivity contribution in [1.29, 1.82) is 0 Å². The number of aliphatic carboxylic acids is 1. The quantitative estimate of drug-likeness (QED) is 0.648. The molecule has 7 nitrogen and oxygen atoms in total. The summed E-state index contributed by atoms with van der Waals surface area (Å²) >= 11 is 1.37. The Morgan fingerprint density at radius 1 is 1.33 bits per heavy atom. The van der Waals surface area contributed by atoms with Gasteiger partial charge in [-0.3, -0.25) is 4.79 Å². The number of hydrogen-bond acceptors (Lipinski definition) is 7. The highest BCUT2D eigenvalue weighted by Crippen LogP contribution is 2.62. The van der Waals surface area contributed by atoms with Gasteiger partial charge in [0.25, 0.3) is 0 Å². The van der Waals surface area contributed by atoms with Crippen LogP contribution in [0.1, 0.15) is 76.8 Å². The molecule has 0 spiro atoms. The SMILES string of the molecule is CC(C)(C)CC(=O)Nc1nc2c(s1)C[C@@H]1[C@](C)(CO)[C@H](O)CC[C@@]1(C)[C@@H]2CC(=O)[O-]. The van der Waals surface area contributed by atoms with Crippen molar-refractivity contribution in [2.24, 2.45) is 22.2 Å². The molecule has 1 saturated carbocycles. The molecule has 30 heavy (non-hydrogen) atoms. The Balaban J connectivity index is 2.00. The molecule has 2 aliphatic carbocycles. The highest BCUT2D eigenvalue weighted by molar-refractivity contribution is 7.15. The third-order valence-electron chi connectivity index (χ3n) is 7.20. The second kappa shape index (κ2) is 7.88. The Kier molecular flexibility index (Phi) is 6.08. The number of nitrogens with zero attached hydrogens (tertiary/aromatic N) is 1. The first kappa shape index (κ1) is 23.2. The van der Waals surface area contributed by atoms with Crippen molar-refractivity contribution in [3.05, 3.63) is 10.6 Å². The van der Waals surface area contributed by atoms with Gasteiger partial charge in [-0.1, -0.05) is 34.6 Å². The van der Waals surface area contributed by atoms with Crippen molar-refractivity contribution in [2.45, 2.75) is 78.7 Å². The summed E-state index contributed by atoms with van der Waals surface area (Å²) in [6.45, 7) is 9.72. The molecule has 0 saturated heterocycles. The van der Waals surface area contributed by atoms with Crippen molar-refractivity contribution in [3.63, 3.8) is 0 Å². The summed E-state index contributed by atoms with van der Waals surface area (Å²) < 4.78 is 0. The van der Waals surface area contributed by atoms with Crippen LogP contribution in [0.2, 0.25) is 0 Å². The molecule has 3 N–H and O–H groups in total. The van der Waals surface area contributed by atoms with E-state index in [1.54, 1.807) is 0 Å². The summed E-state index contributed by atoms with van der Waals surface area (Å²) in [5.41, 5.74) is -0.607. The van der Waals surface area contributed by atoms with Crippen LogP contribution >= 0.6 is 11.3 Å². The number of fused-ring (bicyclic) bond motifs is 2. The predicted molar refractivity (Wildman–Crippen MR) is 113 cm³/mol. The van der Waals surface area contributed by atoms with Gasteiger partial charge in [0.2, 0.25) is 5.91 Å². The standard InChI is InChI=1S/C22H34N2O5S/c1-20(2,3)10-16(27)23-19-24-18-12(8-17(28)29)21(4)7-6-15(26)22(5,11-25)14(21)9-13(18)30-19/h12,14-15,25-26H,6-11H2,1-5H3,(H,28,29)(H,23,24,27)/p-1/t12-,14+,15-,21+,22+/m1/s1. The van der Waals surface area contributed by atoms with Crippen LogP contribution in [0.3, 0.4) is 0 Å². The minimum absolute atomic E-state index is 0.103. The molecule has 1 heterocycles. The fourth-order valence-electron chi connectivity index (χ4n) is 5.51. The van der Waals surface area contributed by atoms with Crippen molar-refractivity contribution in [2.75, 3.05) is 11.9 Å². The van der Waals surface area contributed by atoms with Crippen LogP contribution in [0, 0.1) is 22.2 Å². The molecule has 0 aromatic carbocycles. The minimum Gasteiger partial charge on any atom is -0.550 e. The zero-order valence-electron chi connectivity index (χ0n) is 18.4. The van der Waals surface area contributed by atoms with Gasteiger partial charge in [0.1, 0.15) is 0 Å². The molecular weight excluding hydrogens is 404 g/mol. The Bertz CT molecular complexity index is 832. The largest absolute Gasteiger partial charge is 0.550 e. The van der Waals surface area contributed by atoms with Crippen LogP contribution in [0.15, 0.2) is 0 Å². The summed E-state index contributed by atoms with van der Waals surface area (Å²) in [6, 6.07) is 0. The molecule has 3 rings (SSSR count). The van der Waals surface area contributed by atoms with E-state index in [4.69, 9.17) is 0 Å². The highest BCUT2D eigenvalue weighted by atomic mass is 32.1. The molecule has 1 aromatic heterocycles. The van der Waals surface area contributed by atoms with E-state index < -0.39 is 22.9 Å². The third kappa shape index (κ3) is 4.14. The molecular formula is C22H33N2O5S-. The fraction of sp³-hybridized carbons (Fsp3) is 0.773. The van der Waals surface area contributed by atoms with E-state index in [1.165, 1.54) is 11.3 Å². The van der Waals surface area contributed by atoms with E-state index >= 15 is 0 Å². The Hall–Kier alpha value is -1.51. The van der Waals surface area contributed by atoms with Gasteiger partial charge in [-0.25, -0.2) is 4.98 Å². The average Bonchev–Trinajstić information content (AvgIpc) is 3.00. The lowest BCUT2D eigenvalue weighted by molar-refractivity contribution is -0.307. The zero-order valence-corrected chi connectivity index (χ0v) is 19.3. The predicted octanol–water partition coefficient (Wildman–Crippen LogP) is 2.07. The molecule has 0 unspecified atom stereocenters. The number of aliphatic hydroxyl groups is 2. The van der Waals surface area contributed by atoms with E-state index in [9.17, 15) is 24.9 Å². The van der Waals surface area contributed by atoms with Gasteiger partial charge in [0.05, 0.1) is 18.4 Å². The third-order valence-corrected chi connectivity index (χ3v) is 8.21. The zero-order chi connectivity index (χ0) is 22.5. The molecule has 0 aliphatic heterocycles. The summed E-state index contributed by atoms with van der Waals surface area (Å²) in [5.74, 6) is -1.76. The maximum absolute atomic E-state index is 12.4. The lowest BCUT2D eigenvalue weighted by Crippen LogP contribution is -2.57. The number of carboxylic acids is 1. The molecule has 2 aliphatic rings. The van der Waals surface area contributed by atoms with Crippen LogP contribution in [0.4, 0.5) is 5.13 Å². The first-order chi connectivity index (χ1) is 13.8. The molecule has 0 radical (unpaired) electrons. The number of aliphatic hydroxyl groups excluding tert-OH is 2. The molecule has 168 valence electrons. The van der Waals surface area contributed by atoms with Crippen LogP contribution in [-0.2, 0) is 16.0 Å². The number of aromatic nitrogens is 1. The molecule has 0 bridgehead atoms. The maximum Gasteiger partial charge on any atom is 0.226 e. The lowest BCUT2D eigenvalue weighted by atomic mass is 9.47. The highest BCUT2D eigenvalue weighted by Gasteiger charge is 2.58. The number of nitrogens with one attached hydrogen (secondary N) is 1. The summed E-state index contributed by atoms with van der Waals surface area (Å²) in [7, 11) is 0. The number of carboxylic acid groups (broad SMARTS) is 1. The second-order valence-electron chi connectivity index (χ2n) is 10.7. The van der Waals surface area contributed by atoms with Gasteiger partial charge in [0.15, 0.2) is 5.13 Å². The summed E-state index contributed by atoms with van der Waals surface area (Å²) in [5, 5.41) is 35.8. The van der Waals surface area contributed by atoms with Gasteiger partial charge < -0.3 is 25.4 Å². The average molecular weight is 438 g/mol. The van der Waals surface area contributed by atoms with Crippen molar-refractivity contribution < 1.29 is 24.9 Å². The number of hydrogen-bond donors (Lipinski definition) is 3. The van der Waals surface area contributed by atoms with Crippen molar-refractivity contribution in [3.8, 4) is 0 Å². The minimum atomic E-state index is -1.14. The van der Waals surface area contributed by atoms with Crippen LogP contribution in [0.5, 0.6) is 0 Å². The number of carbonyl (C=O) groups excluding carboxylic acids is 2. The Morgan fingerprint density at radius 2 is 2.00 bits per heavy atom. The van der Waals surface area contributed by atoms with Gasteiger partial charge >= 0.3 is 0 Å². The van der Waals surface area contributed by atoms with Crippen molar-refractivity contribution >= 4 is 28.3 Å². The van der Waals surface area contributed by atoms with Gasteiger partial charge in [-0.2, -0.15) is 0 Å². The monoisotopic (exact) mass is 437 g/mol. The van der Waals surface area contributed by atoms with Gasteiger partial charge in [0, 0.05) is 28.6 Å².